The Kier molecular flexibility index (Phi) is 3.94. The first kappa shape index (κ1) is 11.6. The second kappa shape index (κ2) is 5.43. The average Bonchev–Trinajstić information content (AvgIpc) is 2.27. The zero-order chi connectivity index (χ0) is 12.0. The maximum atomic E-state index is 10.3. The molecule has 6 nitrogen and oxygen atoms in total. The molecule has 0 heterocycles. The molecule has 1 rings (SSSR count). The van der Waals surface area contributed by atoms with Crippen molar-refractivity contribution >= 4 is 17.7 Å². The lowest BCUT2D eigenvalue weighted by molar-refractivity contribution is -0.131. The quantitative estimate of drug-likeness (QED) is 0.365. The van der Waals surface area contributed by atoms with Gasteiger partial charge in [0.2, 0.25) is 0 Å². The number of rotatable bonds is 4. The zero-order valence-corrected chi connectivity index (χ0v) is 8.49. The van der Waals surface area contributed by atoms with E-state index in [1.54, 1.807) is 12.1 Å². The fourth-order valence-electron chi connectivity index (χ4n) is 1.11. The SMILES string of the molecule is COc1cc(N=[N+]=[N-])ccc1/C=C/C(=O)O. The summed E-state index contributed by atoms with van der Waals surface area (Å²) >= 11 is 0. The van der Waals surface area contributed by atoms with Crippen molar-refractivity contribution in [1.29, 1.82) is 0 Å². The molecule has 0 spiro atoms. The summed E-state index contributed by atoms with van der Waals surface area (Å²) in [7, 11) is 1.45. The van der Waals surface area contributed by atoms with Gasteiger partial charge in [0, 0.05) is 22.2 Å². The maximum absolute atomic E-state index is 10.3. The van der Waals surface area contributed by atoms with Crippen LogP contribution in [0.15, 0.2) is 29.4 Å². The van der Waals surface area contributed by atoms with E-state index in [9.17, 15) is 4.79 Å². The van der Waals surface area contributed by atoms with Gasteiger partial charge in [-0.1, -0.05) is 17.2 Å². The third kappa shape index (κ3) is 3.04. The number of azide groups is 1. The van der Waals surface area contributed by atoms with Gasteiger partial charge in [-0.25, -0.2) is 4.79 Å². The maximum Gasteiger partial charge on any atom is 0.328 e. The largest absolute Gasteiger partial charge is 0.496 e. The minimum atomic E-state index is -1.04. The van der Waals surface area contributed by atoms with E-state index in [1.165, 1.54) is 19.3 Å². The normalized spacial score (nSPS) is 9.81. The van der Waals surface area contributed by atoms with E-state index in [0.717, 1.165) is 6.08 Å². The van der Waals surface area contributed by atoms with Crippen LogP contribution in [0.4, 0.5) is 5.69 Å². The third-order valence-corrected chi connectivity index (χ3v) is 1.78. The van der Waals surface area contributed by atoms with Crippen LogP contribution in [-0.4, -0.2) is 18.2 Å². The summed E-state index contributed by atoms with van der Waals surface area (Å²) < 4.78 is 5.04. The zero-order valence-electron chi connectivity index (χ0n) is 8.49. The minimum Gasteiger partial charge on any atom is -0.496 e. The Morgan fingerprint density at radius 1 is 1.62 bits per heavy atom. The summed E-state index contributed by atoms with van der Waals surface area (Å²) in [4.78, 5) is 13.0. The van der Waals surface area contributed by atoms with Gasteiger partial charge in [-0.3, -0.25) is 0 Å². The van der Waals surface area contributed by atoms with Crippen LogP contribution in [0.3, 0.4) is 0 Å². The fraction of sp³-hybridized carbons (Fsp3) is 0.100. The molecule has 0 aliphatic rings. The number of carboxylic acids is 1. The molecule has 6 heteroatoms. The van der Waals surface area contributed by atoms with Crippen LogP contribution in [0.5, 0.6) is 5.75 Å². The van der Waals surface area contributed by atoms with Crippen LogP contribution in [0, 0.1) is 0 Å². The lowest BCUT2D eigenvalue weighted by Crippen LogP contribution is -1.89. The number of hydrogen-bond acceptors (Lipinski definition) is 3. The van der Waals surface area contributed by atoms with Crippen molar-refractivity contribution in [3.05, 3.63) is 40.3 Å². The molecule has 0 saturated heterocycles. The lowest BCUT2D eigenvalue weighted by Gasteiger charge is -2.04. The monoisotopic (exact) mass is 219 g/mol. The molecule has 1 aromatic rings. The van der Waals surface area contributed by atoms with E-state index < -0.39 is 5.97 Å². The molecule has 0 aliphatic carbocycles. The molecule has 0 radical (unpaired) electrons. The Morgan fingerprint density at radius 3 is 2.94 bits per heavy atom. The van der Waals surface area contributed by atoms with Gasteiger partial charge in [0.25, 0.3) is 0 Å². The molecule has 0 amide bonds. The smallest absolute Gasteiger partial charge is 0.328 e. The molecular formula is C10H9N3O3. The number of carboxylic acid groups (broad SMARTS) is 1. The number of nitrogens with zero attached hydrogens (tertiary/aromatic N) is 3. The molecule has 1 aromatic carbocycles. The molecule has 16 heavy (non-hydrogen) atoms. The summed E-state index contributed by atoms with van der Waals surface area (Å²) in [5.41, 5.74) is 9.26. The van der Waals surface area contributed by atoms with Crippen molar-refractivity contribution in [2.24, 2.45) is 5.11 Å². The van der Waals surface area contributed by atoms with Gasteiger partial charge in [0.1, 0.15) is 5.75 Å². The van der Waals surface area contributed by atoms with Gasteiger partial charge < -0.3 is 9.84 Å². The lowest BCUT2D eigenvalue weighted by atomic mass is 10.1. The van der Waals surface area contributed by atoms with Gasteiger partial charge >= 0.3 is 5.97 Å². The first-order chi connectivity index (χ1) is 7.67. The highest BCUT2D eigenvalue weighted by Gasteiger charge is 2.01. The molecule has 0 atom stereocenters. The highest BCUT2D eigenvalue weighted by molar-refractivity contribution is 5.86. The van der Waals surface area contributed by atoms with E-state index in [4.69, 9.17) is 15.4 Å². The number of ether oxygens (including phenoxy) is 1. The summed E-state index contributed by atoms with van der Waals surface area (Å²) in [5, 5.41) is 11.9. The Labute approximate surface area is 91.4 Å². The Bertz CT molecular complexity index is 476. The summed E-state index contributed by atoms with van der Waals surface area (Å²) in [6.07, 6.45) is 2.41. The number of hydrogen-bond donors (Lipinski definition) is 1. The predicted molar refractivity (Wildman–Crippen MR) is 58.5 cm³/mol. The Balaban J connectivity index is 3.11. The Morgan fingerprint density at radius 2 is 2.38 bits per heavy atom. The minimum absolute atomic E-state index is 0.409. The summed E-state index contributed by atoms with van der Waals surface area (Å²) in [6, 6.07) is 4.72. The van der Waals surface area contributed by atoms with Crippen LogP contribution in [-0.2, 0) is 4.79 Å². The number of benzene rings is 1. The molecule has 0 bridgehead atoms. The molecular weight excluding hydrogens is 210 g/mol. The van der Waals surface area contributed by atoms with E-state index in [2.05, 4.69) is 10.0 Å². The highest BCUT2D eigenvalue weighted by atomic mass is 16.5. The summed E-state index contributed by atoms with van der Waals surface area (Å²) in [6.45, 7) is 0. The van der Waals surface area contributed by atoms with Crippen molar-refractivity contribution < 1.29 is 14.6 Å². The van der Waals surface area contributed by atoms with E-state index in [1.807, 2.05) is 0 Å². The average molecular weight is 219 g/mol. The van der Waals surface area contributed by atoms with Crippen molar-refractivity contribution in [2.75, 3.05) is 7.11 Å². The first-order valence-electron chi connectivity index (χ1n) is 4.31. The number of carbonyl (C=O) groups is 1. The molecule has 1 N–H and O–H groups in total. The van der Waals surface area contributed by atoms with Gasteiger partial charge in [0.15, 0.2) is 0 Å². The highest BCUT2D eigenvalue weighted by Crippen LogP contribution is 2.26. The third-order valence-electron chi connectivity index (χ3n) is 1.78. The van der Waals surface area contributed by atoms with Gasteiger partial charge in [-0.15, -0.1) is 0 Å². The molecule has 0 aromatic heterocycles. The topological polar surface area (TPSA) is 95.3 Å². The molecule has 0 fully saturated rings. The van der Waals surface area contributed by atoms with Crippen LogP contribution < -0.4 is 4.74 Å². The molecule has 0 aliphatic heterocycles. The first-order valence-corrected chi connectivity index (χ1v) is 4.31. The van der Waals surface area contributed by atoms with Crippen molar-refractivity contribution in [3.8, 4) is 5.75 Å². The summed E-state index contributed by atoms with van der Waals surface area (Å²) in [5.74, 6) is -0.594. The van der Waals surface area contributed by atoms with Gasteiger partial charge in [0.05, 0.1) is 7.11 Å². The van der Waals surface area contributed by atoms with Crippen LogP contribution in [0.1, 0.15) is 5.56 Å². The number of aliphatic carboxylic acids is 1. The van der Waals surface area contributed by atoms with E-state index in [0.29, 0.717) is 17.0 Å². The second-order valence-electron chi connectivity index (χ2n) is 2.79. The van der Waals surface area contributed by atoms with Crippen LogP contribution in [0.2, 0.25) is 0 Å². The predicted octanol–water partition coefficient (Wildman–Crippen LogP) is 2.73. The van der Waals surface area contributed by atoms with Crippen LogP contribution in [0.25, 0.3) is 16.5 Å². The standard InChI is InChI=1S/C10H9N3O3/c1-16-9-6-8(12-13-11)4-2-7(9)3-5-10(14)15/h2-6H,1H3,(H,14,15)/b5-3+. The van der Waals surface area contributed by atoms with Gasteiger partial charge in [-0.2, -0.15) is 0 Å². The molecule has 82 valence electrons. The van der Waals surface area contributed by atoms with Crippen molar-refractivity contribution in [3.63, 3.8) is 0 Å². The number of methoxy groups -OCH3 is 1. The fourth-order valence-corrected chi connectivity index (χ4v) is 1.11. The van der Waals surface area contributed by atoms with Crippen molar-refractivity contribution in [2.45, 2.75) is 0 Å². The second-order valence-corrected chi connectivity index (χ2v) is 2.79. The molecule has 0 saturated carbocycles. The van der Waals surface area contributed by atoms with Crippen LogP contribution >= 0.6 is 0 Å². The van der Waals surface area contributed by atoms with E-state index in [-0.39, 0.29) is 0 Å². The van der Waals surface area contributed by atoms with E-state index >= 15 is 0 Å². The van der Waals surface area contributed by atoms with Gasteiger partial charge in [-0.05, 0) is 17.7 Å². The Hall–Kier alpha value is -2.46. The molecule has 0 unspecified atom stereocenters. The van der Waals surface area contributed by atoms with Crippen molar-refractivity contribution in [1.82, 2.24) is 0 Å².